The maximum atomic E-state index is 11.8. The molecular weight excluding hydrogens is 346 g/mol. The van der Waals surface area contributed by atoms with E-state index in [-0.39, 0.29) is 6.03 Å². The highest BCUT2D eigenvalue weighted by Gasteiger charge is 2.10. The van der Waals surface area contributed by atoms with E-state index in [1.54, 1.807) is 0 Å². The molecule has 4 heteroatoms. The molecule has 0 aliphatic rings. The first-order valence-corrected chi connectivity index (χ1v) is 9.95. The van der Waals surface area contributed by atoms with Crippen LogP contribution in [-0.2, 0) is 6.42 Å². The number of carbonyl (C=O) groups is 1. The Balaban J connectivity index is 1.45. The molecule has 4 aromatic carbocycles. The lowest BCUT2D eigenvalue weighted by Gasteiger charge is -2.14. The first-order chi connectivity index (χ1) is 13.6. The van der Waals surface area contributed by atoms with Crippen LogP contribution in [0.4, 0.5) is 4.79 Å². The molecule has 2 N–H and O–H groups in total. The van der Waals surface area contributed by atoms with Crippen LogP contribution in [0.25, 0.3) is 32.3 Å². The van der Waals surface area contributed by atoms with E-state index in [2.05, 4.69) is 65.2 Å². The Labute approximate surface area is 165 Å². The van der Waals surface area contributed by atoms with Gasteiger partial charge in [-0.25, -0.2) is 4.79 Å². The number of benzene rings is 4. The summed E-state index contributed by atoms with van der Waals surface area (Å²) >= 11 is 0. The molecule has 0 atom stereocenters. The van der Waals surface area contributed by atoms with Crippen molar-refractivity contribution < 1.29 is 4.79 Å². The van der Waals surface area contributed by atoms with E-state index in [1.807, 2.05) is 19.0 Å². The van der Waals surface area contributed by atoms with Gasteiger partial charge in [0.05, 0.1) is 0 Å². The molecule has 2 amide bonds. The van der Waals surface area contributed by atoms with Crippen molar-refractivity contribution in [2.24, 2.45) is 0 Å². The Bertz CT molecular complexity index is 1090. The summed E-state index contributed by atoms with van der Waals surface area (Å²) in [5, 5.41) is 13.8. The van der Waals surface area contributed by atoms with Crippen molar-refractivity contribution in [1.29, 1.82) is 0 Å². The fraction of sp³-hybridized carbons (Fsp3) is 0.292. The van der Waals surface area contributed by atoms with Gasteiger partial charge in [-0.15, -0.1) is 0 Å². The number of nitrogens with zero attached hydrogens (tertiary/aromatic N) is 1. The van der Waals surface area contributed by atoms with E-state index in [1.165, 1.54) is 37.9 Å². The van der Waals surface area contributed by atoms with Crippen LogP contribution in [0, 0.1) is 0 Å². The molecule has 0 heterocycles. The van der Waals surface area contributed by atoms with Crippen LogP contribution in [0.1, 0.15) is 12.0 Å². The lowest BCUT2D eigenvalue weighted by Crippen LogP contribution is -2.39. The fourth-order valence-corrected chi connectivity index (χ4v) is 3.95. The van der Waals surface area contributed by atoms with Gasteiger partial charge in [-0.05, 0) is 64.8 Å². The monoisotopic (exact) mass is 373 g/mol. The molecule has 0 saturated heterocycles. The first-order valence-electron chi connectivity index (χ1n) is 9.95. The summed E-state index contributed by atoms with van der Waals surface area (Å²) in [6.45, 7) is 2.18. The van der Waals surface area contributed by atoms with E-state index in [4.69, 9.17) is 0 Å². The highest BCUT2D eigenvalue weighted by Crippen LogP contribution is 2.36. The normalized spacial score (nSPS) is 11.7. The van der Waals surface area contributed by atoms with Gasteiger partial charge in [0.2, 0.25) is 0 Å². The molecule has 0 radical (unpaired) electrons. The zero-order chi connectivity index (χ0) is 19.5. The molecule has 4 aromatic rings. The number of urea groups is 1. The van der Waals surface area contributed by atoms with Crippen LogP contribution >= 0.6 is 0 Å². The van der Waals surface area contributed by atoms with Crippen molar-refractivity contribution in [3.8, 4) is 0 Å². The minimum absolute atomic E-state index is 0.0859. The van der Waals surface area contributed by atoms with Crippen molar-refractivity contribution in [2.75, 3.05) is 33.7 Å². The second kappa shape index (κ2) is 8.03. The molecule has 28 heavy (non-hydrogen) atoms. The van der Waals surface area contributed by atoms with Gasteiger partial charge in [0.1, 0.15) is 0 Å². The summed E-state index contributed by atoms with van der Waals surface area (Å²) in [6.07, 6.45) is 1.87. The maximum absolute atomic E-state index is 11.8. The quantitative estimate of drug-likeness (QED) is 0.373. The van der Waals surface area contributed by atoms with E-state index in [9.17, 15) is 4.79 Å². The zero-order valence-electron chi connectivity index (χ0n) is 16.6. The molecule has 0 aliphatic carbocycles. The predicted molar refractivity (Wildman–Crippen MR) is 118 cm³/mol. The number of amides is 2. The highest BCUT2D eigenvalue weighted by atomic mass is 16.2. The van der Waals surface area contributed by atoms with Gasteiger partial charge in [-0.2, -0.15) is 0 Å². The number of likely N-dealkylation sites (N-methyl/N-ethyl adjacent to an activating group) is 1. The Hall–Kier alpha value is -2.85. The first kappa shape index (κ1) is 18.5. The number of aryl methyl sites for hydroxylation is 1. The van der Waals surface area contributed by atoms with E-state index in [0.29, 0.717) is 13.1 Å². The van der Waals surface area contributed by atoms with Crippen molar-refractivity contribution in [3.05, 3.63) is 60.2 Å². The smallest absolute Gasteiger partial charge is 0.314 e. The minimum atomic E-state index is -0.0859. The standard InChI is InChI=1S/C24H27N3O/c1-27(2)16-15-26-24(28)25-14-4-7-17-8-9-20-11-10-18-5-3-6-19-12-13-21(17)23(20)22(18)19/h3,5-6,8-13H,4,7,14-16H2,1-2H3,(H2,25,26,28). The second-order valence-corrected chi connectivity index (χ2v) is 7.67. The van der Waals surface area contributed by atoms with E-state index in [0.717, 1.165) is 19.4 Å². The molecule has 144 valence electrons. The molecule has 0 saturated carbocycles. The number of hydrogen-bond donors (Lipinski definition) is 2. The molecule has 0 bridgehead atoms. The van der Waals surface area contributed by atoms with Gasteiger partial charge in [0.25, 0.3) is 0 Å². The molecule has 0 spiro atoms. The Morgan fingerprint density at radius 2 is 1.46 bits per heavy atom. The van der Waals surface area contributed by atoms with Crippen LogP contribution in [0.5, 0.6) is 0 Å². The van der Waals surface area contributed by atoms with E-state index < -0.39 is 0 Å². The zero-order valence-corrected chi connectivity index (χ0v) is 16.6. The van der Waals surface area contributed by atoms with Crippen LogP contribution in [0.2, 0.25) is 0 Å². The Morgan fingerprint density at radius 1 is 0.821 bits per heavy atom. The summed E-state index contributed by atoms with van der Waals surface area (Å²) in [6, 6.07) is 19.8. The summed E-state index contributed by atoms with van der Waals surface area (Å²) in [5.74, 6) is 0. The SMILES string of the molecule is CN(C)CCNC(=O)NCCCc1ccc2ccc3cccc4ccc1c2c34. The third-order valence-corrected chi connectivity index (χ3v) is 5.37. The molecule has 0 aliphatic heterocycles. The fourth-order valence-electron chi connectivity index (χ4n) is 3.95. The third-order valence-electron chi connectivity index (χ3n) is 5.37. The van der Waals surface area contributed by atoms with Crippen molar-refractivity contribution >= 4 is 38.3 Å². The average Bonchev–Trinajstić information content (AvgIpc) is 2.70. The third kappa shape index (κ3) is 3.73. The Kier molecular flexibility index (Phi) is 5.31. The molecule has 4 nitrogen and oxygen atoms in total. The number of rotatable bonds is 7. The number of hydrogen-bond acceptors (Lipinski definition) is 2. The highest BCUT2D eigenvalue weighted by molar-refractivity contribution is 6.23. The van der Waals surface area contributed by atoms with Gasteiger partial charge in [-0.1, -0.05) is 54.6 Å². The van der Waals surface area contributed by atoms with E-state index >= 15 is 0 Å². The Morgan fingerprint density at radius 3 is 2.21 bits per heavy atom. The van der Waals surface area contributed by atoms with Crippen molar-refractivity contribution in [1.82, 2.24) is 15.5 Å². The predicted octanol–water partition coefficient (Wildman–Crippen LogP) is 4.38. The largest absolute Gasteiger partial charge is 0.338 e. The maximum Gasteiger partial charge on any atom is 0.314 e. The van der Waals surface area contributed by atoms with Crippen molar-refractivity contribution in [3.63, 3.8) is 0 Å². The van der Waals surface area contributed by atoms with Gasteiger partial charge in [-0.3, -0.25) is 0 Å². The lowest BCUT2D eigenvalue weighted by molar-refractivity contribution is 0.239. The van der Waals surface area contributed by atoms with Gasteiger partial charge >= 0.3 is 6.03 Å². The summed E-state index contributed by atoms with van der Waals surface area (Å²) in [5.41, 5.74) is 1.35. The van der Waals surface area contributed by atoms with Gasteiger partial charge in [0.15, 0.2) is 0 Å². The topological polar surface area (TPSA) is 44.4 Å². The summed E-state index contributed by atoms with van der Waals surface area (Å²) in [7, 11) is 3.99. The molecule has 0 unspecified atom stereocenters. The summed E-state index contributed by atoms with van der Waals surface area (Å²) in [4.78, 5) is 13.9. The molecule has 0 fully saturated rings. The van der Waals surface area contributed by atoms with Crippen LogP contribution in [-0.4, -0.2) is 44.7 Å². The van der Waals surface area contributed by atoms with Crippen LogP contribution in [0.15, 0.2) is 54.6 Å². The van der Waals surface area contributed by atoms with Crippen LogP contribution in [0.3, 0.4) is 0 Å². The van der Waals surface area contributed by atoms with Crippen LogP contribution < -0.4 is 10.6 Å². The number of nitrogens with one attached hydrogen (secondary N) is 2. The second-order valence-electron chi connectivity index (χ2n) is 7.67. The minimum Gasteiger partial charge on any atom is -0.338 e. The molecule has 0 aromatic heterocycles. The van der Waals surface area contributed by atoms with Gasteiger partial charge < -0.3 is 15.5 Å². The van der Waals surface area contributed by atoms with Gasteiger partial charge in [0, 0.05) is 19.6 Å². The summed E-state index contributed by atoms with van der Waals surface area (Å²) < 4.78 is 0. The lowest BCUT2D eigenvalue weighted by atomic mass is 9.91. The molecular formula is C24H27N3O. The van der Waals surface area contributed by atoms with Crippen molar-refractivity contribution in [2.45, 2.75) is 12.8 Å². The average molecular weight is 374 g/mol. The molecule has 4 rings (SSSR count). The number of carbonyl (C=O) groups excluding carboxylic acids is 1.